The molecule has 1 amide bonds. The van der Waals surface area contributed by atoms with Crippen molar-refractivity contribution in [3.8, 4) is 0 Å². The Bertz CT molecular complexity index is 726. The average molecular weight is 354 g/mol. The van der Waals surface area contributed by atoms with Crippen molar-refractivity contribution in [3.63, 3.8) is 0 Å². The van der Waals surface area contributed by atoms with Crippen LogP contribution in [-0.2, 0) is 0 Å². The van der Waals surface area contributed by atoms with Crippen LogP contribution < -0.4 is 15.5 Å². The Morgan fingerprint density at radius 3 is 2.54 bits per heavy atom. The van der Waals surface area contributed by atoms with Gasteiger partial charge in [0.15, 0.2) is 0 Å². The number of carbonyl (C=O) groups is 1. The van der Waals surface area contributed by atoms with E-state index in [1.165, 1.54) is 5.69 Å². The number of nitrogens with one attached hydrogen (secondary N) is 2. The van der Waals surface area contributed by atoms with Gasteiger partial charge in [0.25, 0.3) is 5.91 Å². The van der Waals surface area contributed by atoms with E-state index in [0.29, 0.717) is 5.56 Å². The van der Waals surface area contributed by atoms with E-state index in [-0.39, 0.29) is 5.91 Å². The van der Waals surface area contributed by atoms with Gasteiger partial charge in [-0.2, -0.15) is 0 Å². The first-order chi connectivity index (χ1) is 12.6. The smallest absolute Gasteiger partial charge is 0.257 e. The third kappa shape index (κ3) is 5.22. The Hall–Kier alpha value is -2.56. The van der Waals surface area contributed by atoms with Crippen molar-refractivity contribution in [2.75, 3.05) is 35.2 Å². The number of hydrogen-bond acceptors (Lipinski definition) is 4. The Kier molecular flexibility index (Phi) is 7.45. The molecule has 5 heteroatoms. The molecule has 0 spiro atoms. The van der Waals surface area contributed by atoms with Gasteiger partial charge in [0.2, 0.25) is 0 Å². The van der Waals surface area contributed by atoms with E-state index in [1.54, 1.807) is 12.4 Å². The van der Waals surface area contributed by atoms with Gasteiger partial charge in [0.05, 0.1) is 11.3 Å². The molecular formula is C21H30N4O. The fraction of sp³-hybridized carbons (Fsp3) is 0.429. The lowest BCUT2D eigenvalue weighted by molar-refractivity contribution is 0.102. The predicted molar refractivity (Wildman–Crippen MR) is 110 cm³/mol. The van der Waals surface area contributed by atoms with Crippen molar-refractivity contribution in [2.45, 2.75) is 40.5 Å². The third-order valence-electron chi connectivity index (χ3n) is 4.45. The number of anilines is 3. The second-order valence-electron chi connectivity index (χ2n) is 6.37. The normalized spacial score (nSPS) is 10.5. The Morgan fingerprint density at radius 1 is 1.12 bits per heavy atom. The molecule has 0 saturated heterocycles. The highest BCUT2D eigenvalue weighted by molar-refractivity contribution is 6.05. The van der Waals surface area contributed by atoms with Crippen molar-refractivity contribution in [3.05, 3.63) is 47.8 Å². The first-order valence-electron chi connectivity index (χ1n) is 9.44. The molecule has 0 aliphatic carbocycles. The zero-order valence-electron chi connectivity index (χ0n) is 16.3. The van der Waals surface area contributed by atoms with Crippen LogP contribution in [0.15, 0.2) is 36.7 Å². The van der Waals surface area contributed by atoms with Crippen LogP contribution in [0.3, 0.4) is 0 Å². The van der Waals surface area contributed by atoms with Crippen LogP contribution >= 0.6 is 0 Å². The molecular weight excluding hydrogens is 324 g/mol. The molecule has 2 aromatic rings. The molecule has 1 aromatic carbocycles. The van der Waals surface area contributed by atoms with Crippen molar-refractivity contribution in [1.29, 1.82) is 0 Å². The summed E-state index contributed by atoms with van der Waals surface area (Å²) in [6.07, 6.45) is 5.56. The summed E-state index contributed by atoms with van der Waals surface area (Å²) in [6, 6.07) is 7.98. The van der Waals surface area contributed by atoms with Gasteiger partial charge < -0.3 is 15.5 Å². The summed E-state index contributed by atoms with van der Waals surface area (Å²) >= 11 is 0. The first kappa shape index (κ1) is 19.8. The number of unbranched alkanes of at least 4 members (excludes halogenated alkanes) is 1. The summed E-state index contributed by atoms with van der Waals surface area (Å²) in [5.41, 5.74) is 4.48. The largest absolute Gasteiger partial charge is 0.384 e. The maximum absolute atomic E-state index is 12.6. The highest BCUT2D eigenvalue weighted by Crippen LogP contribution is 2.23. The van der Waals surface area contributed by atoms with Crippen molar-refractivity contribution < 1.29 is 4.79 Å². The Morgan fingerprint density at radius 2 is 1.88 bits per heavy atom. The molecule has 0 bridgehead atoms. The predicted octanol–water partition coefficient (Wildman–Crippen LogP) is 4.70. The molecule has 0 atom stereocenters. The molecule has 26 heavy (non-hydrogen) atoms. The summed E-state index contributed by atoms with van der Waals surface area (Å²) < 4.78 is 0. The van der Waals surface area contributed by atoms with E-state index in [0.717, 1.165) is 49.4 Å². The van der Waals surface area contributed by atoms with Gasteiger partial charge in [-0.25, -0.2) is 0 Å². The molecule has 1 heterocycles. The molecule has 0 unspecified atom stereocenters. The lowest BCUT2D eigenvalue weighted by atomic mass is 10.1. The molecule has 0 aliphatic heterocycles. The molecule has 140 valence electrons. The maximum Gasteiger partial charge on any atom is 0.257 e. The fourth-order valence-corrected chi connectivity index (χ4v) is 2.84. The summed E-state index contributed by atoms with van der Waals surface area (Å²) in [5.74, 6) is -0.143. The van der Waals surface area contributed by atoms with Crippen LogP contribution in [0.2, 0.25) is 0 Å². The first-order valence-corrected chi connectivity index (χ1v) is 9.44. The van der Waals surface area contributed by atoms with Crippen LogP contribution in [0.1, 0.15) is 49.5 Å². The molecule has 0 radical (unpaired) electrons. The summed E-state index contributed by atoms with van der Waals surface area (Å²) in [6.45, 7) is 11.3. The van der Waals surface area contributed by atoms with E-state index in [4.69, 9.17) is 0 Å². The number of nitrogens with zero attached hydrogens (tertiary/aromatic N) is 2. The summed E-state index contributed by atoms with van der Waals surface area (Å²) in [7, 11) is 0. The van der Waals surface area contributed by atoms with Crippen LogP contribution in [0.25, 0.3) is 0 Å². The SMILES string of the molecule is CCCCNc1cncc(C(=O)Nc2ccc(N(CC)CC)cc2C)c1. The topological polar surface area (TPSA) is 57.3 Å². The number of benzene rings is 1. The highest BCUT2D eigenvalue weighted by atomic mass is 16.1. The number of aryl methyl sites for hydroxylation is 1. The van der Waals surface area contributed by atoms with Gasteiger partial charge in [-0.05, 0) is 57.0 Å². The standard InChI is InChI=1S/C21H30N4O/c1-5-8-11-23-18-13-17(14-22-15-18)21(26)24-20-10-9-19(12-16(20)4)25(6-2)7-3/h9-10,12-15,23H,5-8,11H2,1-4H3,(H,24,26). The van der Waals surface area contributed by atoms with Gasteiger partial charge in [0, 0.05) is 43.4 Å². The minimum Gasteiger partial charge on any atom is -0.384 e. The van der Waals surface area contributed by atoms with Gasteiger partial charge in [-0.3, -0.25) is 9.78 Å². The van der Waals surface area contributed by atoms with Gasteiger partial charge in [-0.1, -0.05) is 13.3 Å². The molecule has 2 rings (SSSR count). The number of hydrogen-bond donors (Lipinski definition) is 2. The van der Waals surface area contributed by atoms with E-state index < -0.39 is 0 Å². The summed E-state index contributed by atoms with van der Waals surface area (Å²) in [5, 5.41) is 6.30. The summed E-state index contributed by atoms with van der Waals surface area (Å²) in [4.78, 5) is 19.1. The number of rotatable bonds is 9. The van der Waals surface area contributed by atoms with Crippen molar-refractivity contribution in [2.24, 2.45) is 0 Å². The Labute approximate surface area is 156 Å². The zero-order valence-corrected chi connectivity index (χ0v) is 16.3. The van der Waals surface area contributed by atoms with Crippen molar-refractivity contribution in [1.82, 2.24) is 4.98 Å². The minimum atomic E-state index is -0.143. The lowest BCUT2D eigenvalue weighted by Gasteiger charge is -2.22. The molecule has 5 nitrogen and oxygen atoms in total. The number of aromatic nitrogens is 1. The second-order valence-corrected chi connectivity index (χ2v) is 6.37. The van der Waals surface area contributed by atoms with E-state index in [1.807, 2.05) is 19.1 Å². The van der Waals surface area contributed by atoms with Gasteiger partial charge >= 0.3 is 0 Å². The molecule has 0 fully saturated rings. The molecule has 1 aromatic heterocycles. The third-order valence-corrected chi connectivity index (χ3v) is 4.45. The fourth-order valence-electron chi connectivity index (χ4n) is 2.84. The van der Waals surface area contributed by atoms with E-state index in [2.05, 4.69) is 53.4 Å². The van der Waals surface area contributed by atoms with Crippen molar-refractivity contribution >= 4 is 23.0 Å². The second kappa shape index (κ2) is 9.80. The number of carbonyl (C=O) groups excluding carboxylic acids is 1. The molecule has 2 N–H and O–H groups in total. The average Bonchev–Trinajstić information content (AvgIpc) is 2.65. The minimum absolute atomic E-state index is 0.143. The molecule has 0 saturated carbocycles. The number of pyridine rings is 1. The van der Waals surface area contributed by atoms with Crippen LogP contribution in [0.4, 0.5) is 17.1 Å². The zero-order chi connectivity index (χ0) is 18.9. The van der Waals surface area contributed by atoms with Gasteiger partial charge in [0.1, 0.15) is 0 Å². The lowest BCUT2D eigenvalue weighted by Crippen LogP contribution is -2.22. The Balaban J connectivity index is 2.08. The monoisotopic (exact) mass is 354 g/mol. The van der Waals surface area contributed by atoms with Crippen LogP contribution in [-0.4, -0.2) is 30.5 Å². The number of amides is 1. The molecule has 0 aliphatic rings. The maximum atomic E-state index is 12.6. The van der Waals surface area contributed by atoms with Crippen LogP contribution in [0, 0.1) is 6.92 Å². The van der Waals surface area contributed by atoms with E-state index >= 15 is 0 Å². The quantitative estimate of drug-likeness (QED) is 0.641. The highest BCUT2D eigenvalue weighted by Gasteiger charge is 2.10. The van der Waals surface area contributed by atoms with Crippen LogP contribution in [0.5, 0.6) is 0 Å². The van der Waals surface area contributed by atoms with Gasteiger partial charge in [-0.15, -0.1) is 0 Å². The van der Waals surface area contributed by atoms with E-state index in [9.17, 15) is 4.79 Å².